The van der Waals surface area contributed by atoms with Crippen molar-refractivity contribution in [3.05, 3.63) is 18.0 Å². The Bertz CT molecular complexity index is 487. The van der Waals surface area contributed by atoms with E-state index in [1.165, 1.54) is 0 Å². The van der Waals surface area contributed by atoms with Crippen LogP contribution in [0.4, 0.5) is 5.95 Å². The Morgan fingerprint density at radius 2 is 2.14 bits per heavy atom. The van der Waals surface area contributed by atoms with Crippen LogP contribution >= 0.6 is 0 Å². The topological polar surface area (TPSA) is 84.1 Å². The van der Waals surface area contributed by atoms with Crippen LogP contribution in [0.25, 0.3) is 0 Å². The van der Waals surface area contributed by atoms with Gasteiger partial charge in [0.1, 0.15) is 0 Å². The molecular formula is C15H25N5O. The maximum atomic E-state index is 11.5. The van der Waals surface area contributed by atoms with Gasteiger partial charge < -0.3 is 16.0 Å². The Balaban J connectivity index is 1.92. The number of nitrogens with two attached hydrogens (primary N) is 1. The van der Waals surface area contributed by atoms with Crippen molar-refractivity contribution in [3.63, 3.8) is 0 Å². The number of aromatic nitrogens is 2. The Morgan fingerprint density at radius 1 is 1.48 bits per heavy atom. The van der Waals surface area contributed by atoms with Crippen LogP contribution < -0.4 is 16.0 Å². The molecule has 1 aromatic heterocycles. The third kappa shape index (κ3) is 3.91. The summed E-state index contributed by atoms with van der Waals surface area (Å²) in [5.41, 5.74) is 6.06. The molecule has 2 rings (SSSR count). The molecule has 0 spiro atoms. The van der Waals surface area contributed by atoms with E-state index in [1.54, 1.807) is 0 Å². The summed E-state index contributed by atoms with van der Waals surface area (Å²) < 4.78 is 0. The first-order valence-electron chi connectivity index (χ1n) is 7.47. The third-order valence-electron chi connectivity index (χ3n) is 3.92. The van der Waals surface area contributed by atoms with Gasteiger partial charge in [0, 0.05) is 37.6 Å². The van der Waals surface area contributed by atoms with Gasteiger partial charge in [-0.1, -0.05) is 13.8 Å². The average Bonchev–Trinajstić information content (AvgIpc) is 2.83. The summed E-state index contributed by atoms with van der Waals surface area (Å²) in [4.78, 5) is 22.3. The monoisotopic (exact) mass is 291 g/mol. The van der Waals surface area contributed by atoms with Crippen molar-refractivity contribution in [2.75, 3.05) is 24.5 Å². The number of nitrogens with one attached hydrogen (secondary N) is 1. The van der Waals surface area contributed by atoms with E-state index in [9.17, 15) is 4.79 Å². The van der Waals surface area contributed by atoms with Crippen LogP contribution in [-0.2, 0) is 11.3 Å². The number of rotatable bonds is 6. The lowest BCUT2D eigenvalue weighted by Gasteiger charge is -2.21. The standard InChI is InChI=1S/C15H25N5O/c1-11(2)6-17-7-12-8-18-14(19-9-12)20-5-4-15(3,10-20)13(16)21/h8-9,11,17H,4-7,10H2,1-3H3,(H2,16,21). The number of primary amides is 1. The first kappa shape index (κ1) is 15.7. The van der Waals surface area contributed by atoms with Gasteiger partial charge in [-0.05, 0) is 25.8 Å². The van der Waals surface area contributed by atoms with E-state index in [4.69, 9.17) is 5.73 Å². The van der Waals surface area contributed by atoms with Crippen molar-refractivity contribution in [2.24, 2.45) is 17.1 Å². The zero-order valence-corrected chi connectivity index (χ0v) is 13.1. The largest absolute Gasteiger partial charge is 0.369 e. The second kappa shape index (κ2) is 6.39. The van der Waals surface area contributed by atoms with E-state index in [-0.39, 0.29) is 5.91 Å². The number of hydrogen-bond donors (Lipinski definition) is 2. The molecule has 0 aromatic carbocycles. The van der Waals surface area contributed by atoms with Crippen LogP contribution in [0, 0.1) is 11.3 Å². The normalized spacial score (nSPS) is 22.0. The molecule has 1 fully saturated rings. The van der Waals surface area contributed by atoms with Crippen molar-refractivity contribution in [1.82, 2.24) is 15.3 Å². The SMILES string of the molecule is CC(C)CNCc1cnc(N2CCC(C)(C(N)=O)C2)nc1. The van der Waals surface area contributed by atoms with Crippen molar-refractivity contribution in [3.8, 4) is 0 Å². The molecule has 0 aliphatic carbocycles. The average molecular weight is 291 g/mol. The zero-order chi connectivity index (χ0) is 15.5. The quantitative estimate of drug-likeness (QED) is 0.814. The lowest BCUT2D eigenvalue weighted by Crippen LogP contribution is -2.37. The molecule has 1 atom stereocenters. The van der Waals surface area contributed by atoms with E-state index < -0.39 is 5.41 Å². The van der Waals surface area contributed by atoms with Gasteiger partial charge in [0.15, 0.2) is 0 Å². The van der Waals surface area contributed by atoms with E-state index in [2.05, 4.69) is 29.1 Å². The molecule has 1 aliphatic heterocycles. The van der Waals surface area contributed by atoms with Crippen molar-refractivity contribution in [1.29, 1.82) is 0 Å². The molecule has 21 heavy (non-hydrogen) atoms. The number of amides is 1. The first-order chi connectivity index (χ1) is 9.90. The minimum Gasteiger partial charge on any atom is -0.369 e. The lowest BCUT2D eigenvalue weighted by atomic mass is 9.89. The minimum absolute atomic E-state index is 0.250. The maximum absolute atomic E-state index is 11.5. The Kier molecular flexibility index (Phi) is 4.77. The fourth-order valence-electron chi connectivity index (χ4n) is 2.44. The number of nitrogens with zero attached hydrogens (tertiary/aromatic N) is 3. The third-order valence-corrected chi connectivity index (χ3v) is 3.92. The summed E-state index contributed by atoms with van der Waals surface area (Å²) in [6.45, 7) is 9.37. The summed E-state index contributed by atoms with van der Waals surface area (Å²) in [5, 5.41) is 3.36. The molecule has 0 saturated carbocycles. The van der Waals surface area contributed by atoms with Crippen LogP contribution in [0.5, 0.6) is 0 Å². The molecule has 0 radical (unpaired) electrons. The minimum atomic E-state index is -0.471. The van der Waals surface area contributed by atoms with Gasteiger partial charge in [-0.2, -0.15) is 0 Å². The first-order valence-corrected chi connectivity index (χ1v) is 7.47. The Morgan fingerprint density at radius 3 is 2.67 bits per heavy atom. The predicted octanol–water partition coefficient (Wildman–Crippen LogP) is 0.924. The highest BCUT2D eigenvalue weighted by Gasteiger charge is 2.39. The van der Waals surface area contributed by atoms with Gasteiger partial charge >= 0.3 is 0 Å². The van der Waals surface area contributed by atoms with E-state index in [1.807, 2.05) is 24.2 Å². The summed E-state index contributed by atoms with van der Waals surface area (Å²) in [5.74, 6) is 1.05. The zero-order valence-electron chi connectivity index (χ0n) is 13.1. The Labute approximate surface area is 126 Å². The summed E-state index contributed by atoms with van der Waals surface area (Å²) in [6.07, 6.45) is 4.44. The molecule has 6 nitrogen and oxygen atoms in total. The van der Waals surface area contributed by atoms with E-state index in [0.29, 0.717) is 18.4 Å². The molecule has 1 unspecified atom stereocenters. The number of carbonyl (C=O) groups excluding carboxylic acids is 1. The van der Waals surface area contributed by atoms with Gasteiger partial charge in [0.05, 0.1) is 5.41 Å². The number of carbonyl (C=O) groups is 1. The fraction of sp³-hybridized carbons (Fsp3) is 0.667. The summed E-state index contributed by atoms with van der Waals surface area (Å²) in [7, 11) is 0. The molecule has 2 heterocycles. The number of hydrogen-bond acceptors (Lipinski definition) is 5. The van der Waals surface area contributed by atoms with E-state index in [0.717, 1.165) is 31.6 Å². The molecule has 6 heteroatoms. The lowest BCUT2D eigenvalue weighted by molar-refractivity contribution is -0.125. The molecule has 1 aliphatic rings. The van der Waals surface area contributed by atoms with Gasteiger partial charge in [0.2, 0.25) is 11.9 Å². The molecule has 0 bridgehead atoms. The van der Waals surface area contributed by atoms with Gasteiger partial charge in [-0.25, -0.2) is 9.97 Å². The van der Waals surface area contributed by atoms with Gasteiger partial charge in [0.25, 0.3) is 0 Å². The summed E-state index contributed by atoms with van der Waals surface area (Å²) >= 11 is 0. The molecule has 1 saturated heterocycles. The molecule has 1 amide bonds. The highest BCUT2D eigenvalue weighted by Crippen LogP contribution is 2.31. The molecule has 1 aromatic rings. The Hall–Kier alpha value is -1.69. The highest BCUT2D eigenvalue weighted by atomic mass is 16.1. The fourth-order valence-corrected chi connectivity index (χ4v) is 2.44. The predicted molar refractivity (Wildman–Crippen MR) is 82.7 cm³/mol. The van der Waals surface area contributed by atoms with Crippen LogP contribution in [-0.4, -0.2) is 35.5 Å². The van der Waals surface area contributed by atoms with Crippen LogP contribution in [0.2, 0.25) is 0 Å². The molecular weight excluding hydrogens is 266 g/mol. The molecule has 3 N–H and O–H groups in total. The smallest absolute Gasteiger partial charge is 0.225 e. The van der Waals surface area contributed by atoms with Gasteiger partial charge in [-0.15, -0.1) is 0 Å². The highest BCUT2D eigenvalue weighted by molar-refractivity contribution is 5.81. The van der Waals surface area contributed by atoms with Crippen molar-refractivity contribution < 1.29 is 4.79 Å². The van der Waals surface area contributed by atoms with Gasteiger partial charge in [-0.3, -0.25) is 4.79 Å². The van der Waals surface area contributed by atoms with Crippen molar-refractivity contribution >= 4 is 11.9 Å². The maximum Gasteiger partial charge on any atom is 0.225 e. The van der Waals surface area contributed by atoms with Crippen molar-refractivity contribution in [2.45, 2.75) is 33.7 Å². The van der Waals surface area contributed by atoms with E-state index >= 15 is 0 Å². The second-order valence-electron chi connectivity index (χ2n) is 6.51. The summed E-state index contributed by atoms with van der Waals surface area (Å²) in [6, 6.07) is 0. The van der Waals surface area contributed by atoms with Crippen LogP contribution in [0.15, 0.2) is 12.4 Å². The second-order valence-corrected chi connectivity index (χ2v) is 6.51. The van der Waals surface area contributed by atoms with Crippen LogP contribution in [0.1, 0.15) is 32.8 Å². The number of anilines is 1. The van der Waals surface area contributed by atoms with Crippen LogP contribution in [0.3, 0.4) is 0 Å². The molecule has 116 valence electrons.